The molecule has 0 saturated carbocycles. The van der Waals surface area contributed by atoms with Crippen molar-refractivity contribution in [1.29, 1.82) is 0 Å². The fraction of sp³-hybridized carbons (Fsp3) is 0.714. The van der Waals surface area contributed by atoms with Gasteiger partial charge in [-0.1, -0.05) is 6.92 Å². The van der Waals surface area contributed by atoms with Crippen LogP contribution in [0.5, 0.6) is 0 Å². The minimum Gasteiger partial charge on any atom is -0.465 e. The van der Waals surface area contributed by atoms with Gasteiger partial charge in [-0.25, -0.2) is 0 Å². The molecule has 0 aliphatic heterocycles. The van der Waals surface area contributed by atoms with E-state index in [2.05, 4.69) is 17.4 Å². The van der Waals surface area contributed by atoms with Crippen molar-refractivity contribution in [3.05, 3.63) is 0 Å². The molecule has 0 spiro atoms. The second kappa shape index (κ2) is 5.18. The van der Waals surface area contributed by atoms with Crippen molar-refractivity contribution in [3.63, 3.8) is 0 Å². The van der Waals surface area contributed by atoms with Crippen molar-refractivity contribution < 1.29 is 14.3 Å². The van der Waals surface area contributed by atoms with E-state index in [1.54, 1.807) is 13.8 Å². The van der Waals surface area contributed by atoms with Crippen LogP contribution < -0.4 is 0 Å². The molecule has 0 aromatic rings. The maximum Gasteiger partial charge on any atom is 0.326 e. The molecular weight excluding hydrogens is 164 g/mol. The highest BCUT2D eigenvalue weighted by molar-refractivity contribution is 7.82. The van der Waals surface area contributed by atoms with Crippen LogP contribution in [0.4, 0.5) is 0 Å². The van der Waals surface area contributed by atoms with Crippen LogP contribution in [0.3, 0.4) is 0 Å². The van der Waals surface area contributed by atoms with Crippen LogP contribution in [0.15, 0.2) is 0 Å². The fourth-order valence-electron chi connectivity index (χ4n) is 0.546. The normalized spacial score (nSPS) is 12.3. The number of thiol groups is 1. The van der Waals surface area contributed by atoms with Crippen LogP contribution >= 0.6 is 12.6 Å². The van der Waals surface area contributed by atoms with Gasteiger partial charge in [0.15, 0.2) is 11.0 Å². The van der Waals surface area contributed by atoms with Gasteiger partial charge in [0, 0.05) is 6.42 Å². The molecule has 0 bridgehead atoms. The van der Waals surface area contributed by atoms with E-state index in [1.807, 2.05) is 0 Å². The van der Waals surface area contributed by atoms with Crippen molar-refractivity contribution in [2.24, 2.45) is 0 Å². The highest BCUT2D eigenvalue weighted by atomic mass is 32.1. The van der Waals surface area contributed by atoms with Gasteiger partial charge in [-0.15, -0.1) is 0 Å². The zero-order chi connectivity index (χ0) is 8.85. The van der Waals surface area contributed by atoms with Gasteiger partial charge in [0.05, 0.1) is 6.61 Å². The predicted molar refractivity (Wildman–Crippen MR) is 44.7 cm³/mol. The second-order valence-electron chi connectivity index (χ2n) is 1.97. The van der Waals surface area contributed by atoms with Crippen LogP contribution in [0.2, 0.25) is 0 Å². The van der Waals surface area contributed by atoms with Crippen LogP contribution in [-0.2, 0) is 14.3 Å². The zero-order valence-corrected chi connectivity index (χ0v) is 7.56. The summed E-state index contributed by atoms with van der Waals surface area (Å²) < 4.78 is 4.59. The highest BCUT2D eigenvalue weighted by Gasteiger charge is 2.21. The Kier molecular flexibility index (Phi) is 4.94. The van der Waals surface area contributed by atoms with Crippen LogP contribution in [0.1, 0.15) is 20.3 Å². The number of esters is 1. The Bertz CT molecular complexity index is 156. The Labute approximate surface area is 71.5 Å². The van der Waals surface area contributed by atoms with Gasteiger partial charge in [0.25, 0.3) is 0 Å². The molecule has 0 rings (SSSR count). The first-order valence-corrected chi connectivity index (χ1v) is 4.02. The Morgan fingerprint density at radius 2 is 2.00 bits per heavy atom. The van der Waals surface area contributed by atoms with Gasteiger partial charge in [-0.3, -0.25) is 9.59 Å². The molecule has 0 aromatic carbocycles. The minimum atomic E-state index is -0.903. The monoisotopic (exact) mass is 176 g/mol. The molecule has 3 nitrogen and oxygen atoms in total. The van der Waals surface area contributed by atoms with Gasteiger partial charge in [-0.05, 0) is 6.92 Å². The second-order valence-corrected chi connectivity index (χ2v) is 2.49. The summed E-state index contributed by atoms with van der Waals surface area (Å²) in [5.74, 6) is -0.755. The van der Waals surface area contributed by atoms with Crippen LogP contribution in [0.25, 0.3) is 0 Å². The molecule has 11 heavy (non-hydrogen) atoms. The lowest BCUT2D eigenvalue weighted by atomic mass is 10.2. The number of ether oxygens (including phenoxy) is 1. The summed E-state index contributed by atoms with van der Waals surface area (Å²) in [6.07, 6.45) is 0.312. The van der Waals surface area contributed by atoms with Gasteiger partial charge >= 0.3 is 5.97 Å². The van der Waals surface area contributed by atoms with E-state index in [1.165, 1.54) is 0 Å². The van der Waals surface area contributed by atoms with E-state index in [0.717, 1.165) is 0 Å². The van der Waals surface area contributed by atoms with E-state index in [-0.39, 0.29) is 12.4 Å². The standard InChI is InChI=1S/C7H12O3S/c1-3-5(8)6(11)7(9)10-4-2/h6,11H,3-4H2,1-2H3. The summed E-state index contributed by atoms with van der Waals surface area (Å²) in [6.45, 7) is 3.66. The van der Waals surface area contributed by atoms with E-state index in [9.17, 15) is 9.59 Å². The smallest absolute Gasteiger partial charge is 0.326 e. The van der Waals surface area contributed by atoms with Crippen molar-refractivity contribution in [3.8, 4) is 0 Å². The third-order valence-electron chi connectivity index (χ3n) is 1.16. The highest BCUT2D eigenvalue weighted by Crippen LogP contribution is 2.02. The fourth-order valence-corrected chi connectivity index (χ4v) is 0.803. The Morgan fingerprint density at radius 1 is 1.45 bits per heavy atom. The van der Waals surface area contributed by atoms with Gasteiger partial charge in [-0.2, -0.15) is 12.6 Å². The van der Waals surface area contributed by atoms with E-state index in [4.69, 9.17) is 0 Å². The molecule has 0 aromatic heterocycles. The summed E-state index contributed by atoms with van der Waals surface area (Å²) in [6, 6.07) is 0. The lowest BCUT2D eigenvalue weighted by Crippen LogP contribution is -2.26. The minimum absolute atomic E-state index is 0.202. The van der Waals surface area contributed by atoms with Crippen molar-refractivity contribution >= 4 is 24.4 Å². The summed E-state index contributed by atoms with van der Waals surface area (Å²) >= 11 is 3.81. The Hall–Kier alpha value is -0.510. The largest absolute Gasteiger partial charge is 0.465 e. The number of Topliss-reactive ketones (excluding diaryl/α,β-unsaturated/α-hetero) is 1. The van der Waals surface area contributed by atoms with E-state index in [0.29, 0.717) is 6.42 Å². The van der Waals surface area contributed by atoms with E-state index >= 15 is 0 Å². The number of rotatable bonds is 4. The topological polar surface area (TPSA) is 43.4 Å². The quantitative estimate of drug-likeness (QED) is 0.392. The lowest BCUT2D eigenvalue weighted by molar-refractivity contribution is -0.144. The van der Waals surface area contributed by atoms with Crippen molar-refractivity contribution in [1.82, 2.24) is 0 Å². The SMILES string of the molecule is CCOC(=O)C(S)C(=O)CC. The molecule has 1 unspecified atom stereocenters. The number of hydrogen-bond donors (Lipinski definition) is 1. The maximum absolute atomic E-state index is 10.9. The average Bonchev–Trinajstić information content (AvgIpc) is 2.02. The zero-order valence-electron chi connectivity index (χ0n) is 6.66. The number of carbonyl (C=O) groups is 2. The Balaban J connectivity index is 3.91. The summed E-state index contributed by atoms with van der Waals surface area (Å²) in [5, 5.41) is -0.903. The van der Waals surface area contributed by atoms with Crippen LogP contribution in [-0.4, -0.2) is 23.6 Å². The molecule has 0 aliphatic rings. The Morgan fingerprint density at radius 3 is 2.36 bits per heavy atom. The van der Waals surface area contributed by atoms with Crippen molar-refractivity contribution in [2.45, 2.75) is 25.5 Å². The first kappa shape index (κ1) is 10.5. The van der Waals surface area contributed by atoms with Gasteiger partial charge < -0.3 is 4.74 Å². The van der Waals surface area contributed by atoms with Crippen molar-refractivity contribution in [2.75, 3.05) is 6.61 Å². The predicted octanol–water partition coefficient (Wildman–Crippen LogP) is 0.827. The molecule has 0 N–H and O–H groups in total. The lowest BCUT2D eigenvalue weighted by Gasteiger charge is -2.06. The number of hydrogen-bond acceptors (Lipinski definition) is 4. The number of ketones is 1. The van der Waals surface area contributed by atoms with E-state index < -0.39 is 11.2 Å². The molecule has 1 atom stereocenters. The molecule has 4 heteroatoms. The average molecular weight is 176 g/mol. The molecule has 0 heterocycles. The number of carbonyl (C=O) groups excluding carboxylic acids is 2. The van der Waals surface area contributed by atoms with Gasteiger partial charge in [0.1, 0.15) is 0 Å². The molecule has 0 amide bonds. The molecular formula is C7H12O3S. The molecule has 0 fully saturated rings. The van der Waals surface area contributed by atoms with Crippen LogP contribution in [0, 0.1) is 0 Å². The summed E-state index contributed by atoms with van der Waals surface area (Å²) in [5.41, 5.74) is 0. The third kappa shape index (κ3) is 3.41. The molecule has 0 aliphatic carbocycles. The van der Waals surface area contributed by atoms with Gasteiger partial charge in [0.2, 0.25) is 0 Å². The third-order valence-corrected chi connectivity index (χ3v) is 1.66. The molecule has 0 radical (unpaired) electrons. The maximum atomic E-state index is 10.9. The molecule has 64 valence electrons. The summed E-state index contributed by atoms with van der Waals surface area (Å²) in [7, 11) is 0. The summed E-state index contributed by atoms with van der Waals surface area (Å²) in [4.78, 5) is 21.7. The molecule has 0 saturated heterocycles. The first-order valence-electron chi connectivity index (χ1n) is 3.50. The first-order chi connectivity index (χ1) is 5.13.